The van der Waals surface area contributed by atoms with Crippen molar-refractivity contribution >= 4 is 11.0 Å². The van der Waals surface area contributed by atoms with Gasteiger partial charge in [-0.25, -0.2) is 0 Å². The van der Waals surface area contributed by atoms with Gasteiger partial charge in [-0.15, -0.1) is 0 Å². The Morgan fingerprint density at radius 3 is 2.64 bits per heavy atom. The highest BCUT2D eigenvalue weighted by molar-refractivity contribution is 5.82. The van der Waals surface area contributed by atoms with Crippen LogP contribution in [0.3, 0.4) is 0 Å². The maximum Gasteiger partial charge on any atom is 0.137 e. The number of hydrogen-bond donors (Lipinski definition) is 0. The lowest BCUT2D eigenvalue weighted by Gasteiger charge is -2.01. The predicted octanol–water partition coefficient (Wildman–Crippen LogP) is 4.00. The summed E-state index contributed by atoms with van der Waals surface area (Å²) >= 11 is 0. The Hall–Kier alpha value is -1.24. The molecule has 1 nitrogen and oxygen atoms in total. The molecule has 1 heterocycles. The van der Waals surface area contributed by atoms with Gasteiger partial charge >= 0.3 is 0 Å². The van der Waals surface area contributed by atoms with Crippen LogP contribution in [0.2, 0.25) is 0 Å². The molecule has 0 aliphatic rings. The smallest absolute Gasteiger partial charge is 0.137 e. The fraction of sp³-hybridized carbons (Fsp3) is 0.385. The highest BCUT2D eigenvalue weighted by Crippen LogP contribution is 2.25. The average Bonchev–Trinajstić information content (AvgIpc) is 2.45. The SMILES string of the molecule is CCCc1cc(C)cc2cc(C)oc12. The second-order valence-electron chi connectivity index (χ2n) is 3.95. The first-order valence-corrected chi connectivity index (χ1v) is 5.20. The van der Waals surface area contributed by atoms with E-state index in [1.54, 1.807) is 0 Å². The number of aryl methyl sites for hydroxylation is 3. The Balaban J connectivity index is 2.66. The highest BCUT2D eigenvalue weighted by Gasteiger charge is 2.06. The van der Waals surface area contributed by atoms with Crippen molar-refractivity contribution in [1.29, 1.82) is 0 Å². The van der Waals surface area contributed by atoms with Gasteiger partial charge in [-0.05, 0) is 43.5 Å². The maximum atomic E-state index is 5.71. The van der Waals surface area contributed by atoms with Crippen molar-refractivity contribution in [2.24, 2.45) is 0 Å². The Morgan fingerprint density at radius 2 is 1.93 bits per heavy atom. The van der Waals surface area contributed by atoms with Crippen LogP contribution in [0, 0.1) is 13.8 Å². The molecule has 1 heteroatoms. The van der Waals surface area contributed by atoms with E-state index in [2.05, 4.69) is 32.0 Å². The van der Waals surface area contributed by atoms with E-state index in [1.165, 1.54) is 16.5 Å². The first kappa shape index (κ1) is 9.32. The third-order valence-corrected chi connectivity index (χ3v) is 2.48. The van der Waals surface area contributed by atoms with Crippen LogP contribution in [-0.2, 0) is 6.42 Å². The van der Waals surface area contributed by atoms with Gasteiger partial charge in [0, 0.05) is 5.39 Å². The molecule has 0 amide bonds. The Labute approximate surface area is 84.7 Å². The van der Waals surface area contributed by atoms with Gasteiger partial charge in [0.1, 0.15) is 11.3 Å². The van der Waals surface area contributed by atoms with Crippen molar-refractivity contribution in [3.8, 4) is 0 Å². The van der Waals surface area contributed by atoms with E-state index in [4.69, 9.17) is 4.42 Å². The van der Waals surface area contributed by atoms with Crippen LogP contribution in [0.4, 0.5) is 0 Å². The highest BCUT2D eigenvalue weighted by atomic mass is 16.3. The molecule has 0 fully saturated rings. The largest absolute Gasteiger partial charge is 0.461 e. The molecule has 0 atom stereocenters. The van der Waals surface area contributed by atoms with Gasteiger partial charge in [-0.2, -0.15) is 0 Å². The summed E-state index contributed by atoms with van der Waals surface area (Å²) in [6.45, 7) is 6.34. The summed E-state index contributed by atoms with van der Waals surface area (Å²) in [7, 11) is 0. The van der Waals surface area contributed by atoms with Gasteiger partial charge in [0.05, 0.1) is 0 Å². The second-order valence-corrected chi connectivity index (χ2v) is 3.95. The monoisotopic (exact) mass is 188 g/mol. The number of rotatable bonds is 2. The van der Waals surface area contributed by atoms with Crippen molar-refractivity contribution in [3.05, 3.63) is 35.1 Å². The third-order valence-electron chi connectivity index (χ3n) is 2.48. The Bertz CT molecular complexity index is 451. The van der Waals surface area contributed by atoms with Crippen molar-refractivity contribution in [1.82, 2.24) is 0 Å². The standard InChI is InChI=1S/C13H16O/c1-4-5-11-6-9(2)7-12-8-10(3)14-13(11)12/h6-8H,4-5H2,1-3H3. The minimum atomic E-state index is 1.00. The first-order chi connectivity index (χ1) is 6.70. The third kappa shape index (κ3) is 1.54. The van der Waals surface area contributed by atoms with E-state index in [0.29, 0.717) is 0 Å². The summed E-state index contributed by atoms with van der Waals surface area (Å²) in [6, 6.07) is 6.53. The lowest BCUT2D eigenvalue weighted by molar-refractivity contribution is 0.574. The first-order valence-electron chi connectivity index (χ1n) is 5.20. The summed E-state index contributed by atoms with van der Waals surface area (Å²) in [5, 5.41) is 1.24. The number of hydrogen-bond acceptors (Lipinski definition) is 1. The molecule has 0 N–H and O–H groups in total. The molecular weight excluding hydrogens is 172 g/mol. The topological polar surface area (TPSA) is 13.1 Å². The van der Waals surface area contributed by atoms with Gasteiger partial charge in [0.2, 0.25) is 0 Å². The molecule has 0 spiro atoms. The van der Waals surface area contributed by atoms with E-state index in [-0.39, 0.29) is 0 Å². The summed E-state index contributed by atoms with van der Waals surface area (Å²) in [6.07, 6.45) is 2.27. The molecule has 0 saturated heterocycles. The molecule has 14 heavy (non-hydrogen) atoms. The van der Waals surface area contributed by atoms with E-state index in [1.807, 2.05) is 6.92 Å². The molecule has 0 unspecified atom stereocenters. The summed E-state index contributed by atoms with van der Waals surface area (Å²) in [4.78, 5) is 0. The molecule has 1 aromatic carbocycles. The Morgan fingerprint density at radius 1 is 1.14 bits per heavy atom. The molecule has 0 saturated carbocycles. The van der Waals surface area contributed by atoms with E-state index in [9.17, 15) is 0 Å². The normalized spacial score (nSPS) is 11.1. The average molecular weight is 188 g/mol. The van der Waals surface area contributed by atoms with Gasteiger partial charge in [-0.3, -0.25) is 0 Å². The van der Waals surface area contributed by atoms with Gasteiger partial charge in [0.15, 0.2) is 0 Å². The quantitative estimate of drug-likeness (QED) is 0.694. The second kappa shape index (κ2) is 3.49. The molecule has 0 aliphatic heterocycles. The summed E-state index contributed by atoms with van der Waals surface area (Å²) < 4.78 is 5.71. The van der Waals surface area contributed by atoms with Crippen molar-refractivity contribution < 1.29 is 4.42 Å². The van der Waals surface area contributed by atoms with Crippen LogP contribution in [0.1, 0.15) is 30.2 Å². The van der Waals surface area contributed by atoms with Gasteiger partial charge in [0.25, 0.3) is 0 Å². The molecule has 1 aromatic heterocycles. The zero-order valence-corrected chi connectivity index (χ0v) is 9.05. The fourth-order valence-corrected chi connectivity index (χ4v) is 1.97. The zero-order valence-electron chi connectivity index (χ0n) is 9.05. The Kier molecular flexibility index (Phi) is 2.32. The van der Waals surface area contributed by atoms with Crippen molar-refractivity contribution in [2.45, 2.75) is 33.6 Å². The number of furan rings is 1. The molecule has 0 radical (unpaired) electrons. The summed E-state index contributed by atoms with van der Waals surface area (Å²) in [5.74, 6) is 1.00. The van der Waals surface area contributed by atoms with Crippen LogP contribution >= 0.6 is 0 Å². The zero-order chi connectivity index (χ0) is 10.1. The van der Waals surface area contributed by atoms with Crippen LogP contribution in [0.15, 0.2) is 22.6 Å². The lowest BCUT2D eigenvalue weighted by Crippen LogP contribution is -1.85. The van der Waals surface area contributed by atoms with Crippen LogP contribution in [-0.4, -0.2) is 0 Å². The van der Waals surface area contributed by atoms with Crippen LogP contribution in [0.5, 0.6) is 0 Å². The van der Waals surface area contributed by atoms with Crippen molar-refractivity contribution in [2.75, 3.05) is 0 Å². The molecule has 2 aromatic rings. The fourth-order valence-electron chi connectivity index (χ4n) is 1.97. The van der Waals surface area contributed by atoms with Crippen LogP contribution < -0.4 is 0 Å². The number of fused-ring (bicyclic) bond motifs is 1. The van der Waals surface area contributed by atoms with E-state index in [0.717, 1.165) is 24.2 Å². The van der Waals surface area contributed by atoms with Gasteiger partial charge in [-0.1, -0.05) is 19.4 Å². The number of benzene rings is 1. The van der Waals surface area contributed by atoms with E-state index >= 15 is 0 Å². The van der Waals surface area contributed by atoms with E-state index < -0.39 is 0 Å². The predicted molar refractivity (Wildman–Crippen MR) is 59.7 cm³/mol. The molecule has 0 aliphatic carbocycles. The van der Waals surface area contributed by atoms with Crippen LogP contribution in [0.25, 0.3) is 11.0 Å². The lowest BCUT2D eigenvalue weighted by atomic mass is 10.0. The molecule has 74 valence electrons. The molecule has 2 rings (SSSR count). The molecule has 0 bridgehead atoms. The minimum absolute atomic E-state index is 1.00. The maximum absolute atomic E-state index is 5.71. The molecular formula is C13H16O. The minimum Gasteiger partial charge on any atom is -0.461 e. The summed E-state index contributed by atoms with van der Waals surface area (Å²) in [5.41, 5.74) is 3.74. The van der Waals surface area contributed by atoms with Gasteiger partial charge < -0.3 is 4.42 Å². The van der Waals surface area contributed by atoms with Crippen molar-refractivity contribution in [3.63, 3.8) is 0 Å².